The Morgan fingerprint density at radius 1 is 1.40 bits per heavy atom. The summed E-state index contributed by atoms with van der Waals surface area (Å²) in [6.07, 6.45) is -4.20. The Hall–Kier alpha value is -1.54. The van der Waals surface area contributed by atoms with Crippen LogP contribution >= 0.6 is 12.4 Å². The normalized spacial score (nSPS) is 18.4. The number of ether oxygens (including phenoxy) is 1. The average molecular weight is 313 g/mol. The van der Waals surface area contributed by atoms with Gasteiger partial charge in [-0.15, -0.1) is 12.4 Å². The third kappa shape index (κ3) is 3.73. The smallest absolute Gasteiger partial charge is 0.416 e. The lowest BCUT2D eigenvalue weighted by atomic mass is 10.2. The fourth-order valence-electron chi connectivity index (χ4n) is 1.84. The first-order valence-electron chi connectivity index (χ1n) is 5.61. The number of alkyl halides is 3. The molecule has 0 aromatic heterocycles. The van der Waals surface area contributed by atoms with Crippen LogP contribution in [-0.2, 0) is 6.18 Å². The molecule has 0 spiro atoms. The number of hydrogen-bond acceptors (Lipinski definition) is 4. The zero-order valence-corrected chi connectivity index (χ0v) is 11.0. The van der Waals surface area contributed by atoms with Gasteiger partial charge in [-0.25, -0.2) is 0 Å². The van der Waals surface area contributed by atoms with Gasteiger partial charge in [-0.3, -0.25) is 10.1 Å². The number of halogens is 4. The van der Waals surface area contributed by atoms with Crippen LogP contribution in [0.4, 0.5) is 18.9 Å². The van der Waals surface area contributed by atoms with Crippen molar-refractivity contribution in [3.05, 3.63) is 33.9 Å². The molecule has 1 unspecified atom stereocenters. The number of nitro benzene ring substituents is 1. The van der Waals surface area contributed by atoms with Crippen molar-refractivity contribution in [2.45, 2.75) is 18.7 Å². The van der Waals surface area contributed by atoms with Gasteiger partial charge in [0.15, 0.2) is 5.75 Å². The largest absolute Gasteiger partial charge is 0.482 e. The first kappa shape index (κ1) is 16.5. The monoisotopic (exact) mass is 312 g/mol. The molecular weight excluding hydrogens is 301 g/mol. The van der Waals surface area contributed by atoms with Gasteiger partial charge < -0.3 is 10.1 Å². The maximum atomic E-state index is 12.5. The van der Waals surface area contributed by atoms with Gasteiger partial charge in [0.2, 0.25) is 0 Å². The molecule has 1 atom stereocenters. The number of nitrogens with one attached hydrogen (secondary N) is 1. The van der Waals surface area contributed by atoms with Crippen molar-refractivity contribution in [1.82, 2.24) is 5.32 Å². The lowest BCUT2D eigenvalue weighted by Crippen LogP contribution is -2.20. The highest BCUT2D eigenvalue weighted by Crippen LogP contribution is 2.36. The van der Waals surface area contributed by atoms with Crippen LogP contribution in [-0.4, -0.2) is 24.1 Å². The second-order valence-corrected chi connectivity index (χ2v) is 4.17. The van der Waals surface area contributed by atoms with Gasteiger partial charge in [0.25, 0.3) is 0 Å². The summed E-state index contributed by atoms with van der Waals surface area (Å²) < 4.78 is 42.8. The van der Waals surface area contributed by atoms with Gasteiger partial charge in [0.05, 0.1) is 10.5 Å². The molecule has 1 aromatic carbocycles. The van der Waals surface area contributed by atoms with Crippen LogP contribution in [0.5, 0.6) is 5.75 Å². The third-order valence-electron chi connectivity index (χ3n) is 2.79. The third-order valence-corrected chi connectivity index (χ3v) is 2.79. The molecule has 1 heterocycles. The molecule has 0 radical (unpaired) electrons. The fraction of sp³-hybridized carbons (Fsp3) is 0.455. The summed E-state index contributed by atoms with van der Waals surface area (Å²) in [5, 5.41) is 13.8. The first-order chi connectivity index (χ1) is 8.88. The molecule has 0 saturated carbocycles. The van der Waals surface area contributed by atoms with E-state index in [1.807, 2.05) is 0 Å². The molecule has 0 amide bonds. The molecule has 0 aliphatic carbocycles. The zero-order chi connectivity index (χ0) is 14.0. The Kier molecular flexibility index (Phi) is 5.18. The average Bonchev–Trinajstić information content (AvgIpc) is 2.80. The number of hydrogen-bond donors (Lipinski definition) is 1. The van der Waals surface area contributed by atoms with Gasteiger partial charge in [0, 0.05) is 12.6 Å². The summed E-state index contributed by atoms with van der Waals surface area (Å²) in [6.45, 7) is 1.25. The van der Waals surface area contributed by atoms with Crippen molar-refractivity contribution in [3.63, 3.8) is 0 Å². The zero-order valence-electron chi connectivity index (χ0n) is 10.1. The van der Waals surface area contributed by atoms with E-state index in [2.05, 4.69) is 5.32 Å². The molecule has 1 aromatic rings. The van der Waals surface area contributed by atoms with Gasteiger partial charge in [-0.1, -0.05) is 0 Å². The Labute approximate surface area is 118 Å². The highest BCUT2D eigenvalue weighted by atomic mass is 35.5. The minimum atomic E-state index is -4.61. The van der Waals surface area contributed by atoms with E-state index in [9.17, 15) is 23.3 Å². The highest BCUT2D eigenvalue weighted by molar-refractivity contribution is 5.85. The Morgan fingerprint density at radius 3 is 2.60 bits per heavy atom. The van der Waals surface area contributed by atoms with Crippen molar-refractivity contribution in [1.29, 1.82) is 0 Å². The van der Waals surface area contributed by atoms with E-state index in [0.29, 0.717) is 19.0 Å². The van der Waals surface area contributed by atoms with Crippen LogP contribution in [0.25, 0.3) is 0 Å². The maximum Gasteiger partial charge on any atom is 0.416 e. The van der Waals surface area contributed by atoms with Crippen molar-refractivity contribution in [2.75, 3.05) is 13.1 Å². The standard InChI is InChI=1S/C11H11F3N2O3.ClH/c12-11(13,14)7-1-2-10(9(5-7)16(17)18)19-8-3-4-15-6-8;/h1-2,5,8,15H,3-4,6H2;1H. The quantitative estimate of drug-likeness (QED) is 0.688. The molecule has 1 fully saturated rings. The summed E-state index contributed by atoms with van der Waals surface area (Å²) >= 11 is 0. The molecular formula is C11H12ClF3N2O3. The van der Waals surface area contributed by atoms with E-state index in [4.69, 9.17) is 4.74 Å². The van der Waals surface area contributed by atoms with Gasteiger partial charge in [-0.05, 0) is 25.1 Å². The molecule has 0 bridgehead atoms. The van der Waals surface area contributed by atoms with Crippen LogP contribution in [0.2, 0.25) is 0 Å². The van der Waals surface area contributed by atoms with Crippen LogP contribution in [0.15, 0.2) is 18.2 Å². The van der Waals surface area contributed by atoms with Crippen LogP contribution in [0.3, 0.4) is 0 Å². The molecule has 5 nitrogen and oxygen atoms in total. The minimum Gasteiger partial charge on any atom is -0.482 e. The van der Waals surface area contributed by atoms with Gasteiger partial charge >= 0.3 is 11.9 Å². The summed E-state index contributed by atoms with van der Waals surface area (Å²) in [5.74, 6) is -0.133. The highest BCUT2D eigenvalue weighted by Gasteiger charge is 2.33. The van der Waals surface area contributed by atoms with E-state index in [1.54, 1.807) is 0 Å². The van der Waals surface area contributed by atoms with Crippen LogP contribution in [0.1, 0.15) is 12.0 Å². The van der Waals surface area contributed by atoms with E-state index < -0.39 is 22.4 Å². The molecule has 112 valence electrons. The second kappa shape index (κ2) is 6.27. The number of nitrogens with zero attached hydrogens (tertiary/aromatic N) is 1. The van der Waals surface area contributed by atoms with Crippen molar-refractivity contribution in [3.8, 4) is 5.75 Å². The Bertz CT molecular complexity index is 490. The number of rotatable bonds is 3. The topological polar surface area (TPSA) is 64.4 Å². The lowest BCUT2D eigenvalue weighted by Gasteiger charge is -2.13. The van der Waals surface area contributed by atoms with Crippen LogP contribution in [0, 0.1) is 10.1 Å². The van der Waals surface area contributed by atoms with Gasteiger partial charge in [-0.2, -0.15) is 13.2 Å². The number of benzene rings is 1. The molecule has 1 N–H and O–H groups in total. The molecule has 20 heavy (non-hydrogen) atoms. The maximum absolute atomic E-state index is 12.5. The summed E-state index contributed by atoms with van der Waals surface area (Å²) in [5.41, 5.74) is -1.72. The SMILES string of the molecule is Cl.O=[N+]([O-])c1cc(C(F)(F)F)ccc1OC1CCNC1. The molecule has 1 aliphatic rings. The number of nitro groups is 1. The van der Waals surface area contributed by atoms with Crippen molar-refractivity contribution < 1.29 is 22.8 Å². The second-order valence-electron chi connectivity index (χ2n) is 4.17. The van der Waals surface area contributed by atoms with E-state index in [-0.39, 0.29) is 24.3 Å². The van der Waals surface area contributed by atoms with E-state index >= 15 is 0 Å². The molecule has 1 aliphatic heterocycles. The predicted molar refractivity (Wildman–Crippen MR) is 67.2 cm³/mol. The summed E-state index contributed by atoms with van der Waals surface area (Å²) in [6, 6.07) is 2.28. The summed E-state index contributed by atoms with van der Waals surface area (Å²) in [4.78, 5) is 9.95. The molecule has 9 heteroatoms. The Balaban J connectivity index is 0.00000200. The van der Waals surface area contributed by atoms with Crippen LogP contribution < -0.4 is 10.1 Å². The Morgan fingerprint density at radius 2 is 2.10 bits per heavy atom. The minimum absolute atomic E-state index is 0. The van der Waals surface area contributed by atoms with E-state index in [1.165, 1.54) is 0 Å². The van der Waals surface area contributed by atoms with Gasteiger partial charge in [0.1, 0.15) is 6.10 Å². The fourth-order valence-corrected chi connectivity index (χ4v) is 1.84. The first-order valence-corrected chi connectivity index (χ1v) is 5.61. The van der Waals surface area contributed by atoms with Crippen molar-refractivity contribution in [2.24, 2.45) is 0 Å². The predicted octanol–water partition coefficient (Wildman–Crippen LogP) is 2.78. The van der Waals surface area contributed by atoms with E-state index in [0.717, 1.165) is 18.7 Å². The lowest BCUT2D eigenvalue weighted by molar-refractivity contribution is -0.386. The molecule has 2 rings (SSSR count). The van der Waals surface area contributed by atoms with Crippen molar-refractivity contribution >= 4 is 18.1 Å². The summed E-state index contributed by atoms with van der Waals surface area (Å²) in [7, 11) is 0. The molecule has 1 saturated heterocycles.